The van der Waals surface area contributed by atoms with Crippen LogP contribution in [0.4, 0.5) is 0 Å². The third-order valence-electron chi connectivity index (χ3n) is 3.27. The highest BCUT2D eigenvalue weighted by Crippen LogP contribution is 2.31. The average Bonchev–Trinajstić information content (AvgIpc) is 2.99. The number of aliphatic imine (C=N–C) groups is 1. The molecular weight excluding hydrogens is 397 g/mol. The lowest BCUT2D eigenvalue weighted by molar-refractivity contribution is 0.262. The number of hydrogen-bond donors (Lipinski definition) is 2. The fourth-order valence-corrected chi connectivity index (χ4v) is 2.91. The van der Waals surface area contributed by atoms with E-state index in [1.165, 1.54) is 4.88 Å². The molecule has 21 heavy (non-hydrogen) atoms. The lowest BCUT2D eigenvalue weighted by atomic mass is 10.0. The second kappa shape index (κ2) is 7.65. The number of para-hydroxylation sites is 1. The molecule has 1 aromatic carbocycles. The molecule has 2 heterocycles. The van der Waals surface area contributed by atoms with Crippen LogP contribution in [0.2, 0.25) is 0 Å². The molecule has 0 aliphatic carbocycles. The van der Waals surface area contributed by atoms with E-state index in [1.54, 1.807) is 11.3 Å². The van der Waals surface area contributed by atoms with Gasteiger partial charge < -0.3 is 15.8 Å². The summed E-state index contributed by atoms with van der Waals surface area (Å²) in [4.78, 5) is 5.60. The number of guanidine groups is 1. The van der Waals surface area contributed by atoms with Gasteiger partial charge in [0.2, 0.25) is 0 Å². The van der Waals surface area contributed by atoms with Crippen LogP contribution in [-0.2, 0) is 6.54 Å². The average molecular weight is 415 g/mol. The summed E-state index contributed by atoms with van der Waals surface area (Å²) in [6.07, 6.45) is 0.895. The van der Waals surface area contributed by atoms with Crippen molar-refractivity contribution in [3.63, 3.8) is 0 Å². The minimum atomic E-state index is 0. The number of nitrogens with one attached hydrogen (secondary N) is 1. The third-order valence-corrected chi connectivity index (χ3v) is 4.13. The number of rotatable bonds is 3. The standard InChI is InChI=1S/C15H17N3OS.HI/c16-15(17-10-11-4-3-9-20-11)18-13-7-8-19-14-6-2-1-5-12(13)14;/h1-6,9,13H,7-8,10H2,(H3,16,17,18);1H. The van der Waals surface area contributed by atoms with E-state index < -0.39 is 0 Å². The molecular formula is C15H18IN3OS. The first-order chi connectivity index (χ1) is 9.83. The first-order valence-corrected chi connectivity index (χ1v) is 7.51. The molecule has 112 valence electrons. The molecule has 0 spiro atoms. The highest BCUT2D eigenvalue weighted by Gasteiger charge is 2.21. The molecule has 1 unspecified atom stereocenters. The summed E-state index contributed by atoms with van der Waals surface area (Å²) in [6.45, 7) is 1.33. The Labute approximate surface area is 145 Å². The fourth-order valence-electron chi connectivity index (χ4n) is 2.28. The topological polar surface area (TPSA) is 59.6 Å². The number of nitrogens with two attached hydrogens (primary N) is 1. The Kier molecular flexibility index (Phi) is 5.86. The highest BCUT2D eigenvalue weighted by molar-refractivity contribution is 14.0. The van der Waals surface area contributed by atoms with E-state index in [-0.39, 0.29) is 30.0 Å². The van der Waals surface area contributed by atoms with Crippen LogP contribution in [0.1, 0.15) is 22.9 Å². The minimum absolute atomic E-state index is 0. The second-order valence-corrected chi connectivity index (χ2v) is 5.68. The number of fused-ring (bicyclic) bond motifs is 1. The molecule has 0 amide bonds. The molecule has 1 aliphatic heterocycles. The summed E-state index contributed by atoms with van der Waals surface area (Å²) in [5, 5.41) is 5.33. The molecule has 3 N–H and O–H groups in total. The van der Waals surface area contributed by atoms with Crippen molar-refractivity contribution < 1.29 is 4.74 Å². The maximum atomic E-state index is 5.98. The van der Waals surface area contributed by atoms with Crippen LogP contribution < -0.4 is 15.8 Å². The molecule has 4 nitrogen and oxygen atoms in total. The van der Waals surface area contributed by atoms with E-state index in [1.807, 2.05) is 29.6 Å². The van der Waals surface area contributed by atoms with E-state index in [0.717, 1.165) is 17.7 Å². The summed E-state index contributed by atoms with van der Waals surface area (Å²) >= 11 is 1.69. The molecule has 2 aromatic rings. The van der Waals surface area contributed by atoms with Gasteiger partial charge in [-0.2, -0.15) is 0 Å². The van der Waals surface area contributed by atoms with Crippen molar-refractivity contribution in [1.29, 1.82) is 0 Å². The zero-order valence-corrected chi connectivity index (χ0v) is 14.6. The van der Waals surface area contributed by atoms with Crippen molar-refractivity contribution in [2.75, 3.05) is 6.61 Å². The van der Waals surface area contributed by atoms with Gasteiger partial charge in [-0.25, -0.2) is 4.99 Å². The molecule has 0 bridgehead atoms. The predicted molar refractivity (Wildman–Crippen MR) is 97.5 cm³/mol. The van der Waals surface area contributed by atoms with Gasteiger partial charge in [-0.15, -0.1) is 35.3 Å². The fraction of sp³-hybridized carbons (Fsp3) is 0.267. The Morgan fingerprint density at radius 1 is 1.33 bits per heavy atom. The van der Waals surface area contributed by atoms with Crippen LogP contribution in [0.3, 0.4) is 0 Å². The van der Waals surface area contributed by atoms with Crippen LogP contribution in [0.25, 0.3) is 0 Å². The van der Waals surface area contributed by atoms with E-state index in [0.29, 0.717) is 19.1 Å². The Bertz CT molecular complexity index is 601. The summed E-state index contributed by atoms with van der Waals surface area (Å²) in [5.41, 5.74) is 7.13. The Morgan fingerprint density at radius 2 is 2.19 bits per heavy atom. The SMILES string of the molecule is I.NC(=NCc1cccs1)NC1CCOc2ccccc21. The number of halogens is 1. The summed E-state index contributed by atoms with van der Waals surface area (Å²) in [7, 11) is 0. The van der Waals surface area contributed by atoms with Gasteiger partial charge in [0.05, 0.1) is 19.2 Å². The molecule has 3 rings (SSSR count). The van der Waals surface area contributed by atoms with Gasteiger partial charge in [0.25, 0.3) is 0 Å². The van der Waals surface area contributed by atoms with Crippen molar-refractivity contribution in [2.24, 2.45) is 10.7 Å². The van der Waals surface area contributed by atoms with Crippen LogP contribution in [0.15, 0.2) is 46.8 Å². The van der Waals surface area contributed by atoms with Gasteiger partial charge in [-0.1, -0.05) is 24.3 Å². The van der Waals surface area contributed by atoms with E-state index in [2.05, 4.69) is 22.4 Å². The second-order valence-electron chi connectivity index (χ2n) is 4.65. The zero-order valence-electron chi connectivity index (χ0n) is 11.5. The van der Waals surface area contributed by atoms with Gasteiger partial charge >= 0.3 is 0 Å². The van der Waals surface area contributed by atoms with Crippen molar-refractivity contribution in [2.45, 2.75) is 19.0 Å². The van der Waals surface area contributed by atoms with Gasteiger partial charge in [-0.05, 0) is 17.5 Å². The van der Waals surface area contributed by atoms with Crippen molar-refractivity contribution in [1.82, 2.24) is 5.32 Å². The maximum absolute atomic E-state index is 5.98. The molecule has 1 atom stereocenters. The van der Waals surface area contributed by atoms with Gasteiger partial charge in [-0.3, -0.25) is 0 Å². The van der Waals surface area contributed by atoms with Gasteiger partial charge in [0.15, 0.2) is 5.96 Å². The number of hydrogen-bond acceptors (Lipinski definition) is 3. The summed E-state index contributed by atoms with van der Waals surface area (Å²) in [5.74, 6) is 1.42. The summed E-state index contributed by atoms with van der Waals surface area (Å²) < 4.78 is 5.64. The first kappa shape index (κ1) is 16.1. The van der Waals surface area contributed by atoms with Crippen molar-refractivity contribution in [3.05, 3.63) is 52.2 Å². The Morgan fingerprint density at radius 3 is 3.00 bits per heavy atom. The number of thiophene rings is 1. The number of benzene rings is 1. The predicted octanol–water partition coefficient (Wildman–Crippen LogP) is 3.29. The van der Waals surface area contributed by atoms with E-state index in [4.69, 9.17) is 10.5 Å². The minimum Gasteiger partial charge on any atom is -0.493 e. The van der Waals surface area contributed by atoms with Crippen molar-refractivity contribution >= 4 is 41.3 Å². The molecule has 1 aromatic heterocycles. The highest BCUT2D eigenvalue weighted by atomic mass is 127. The largest absolute Gasteiger partial charge is 0.493 e. The molecule has 6 heteroatoms. The molecule has 0 saturated carbocycles. The van der Waals surface area contributed by atoms with Crippen LogP contribution >= 0.6 is 35.3 Å². The quantitative estimate of drug-likeness (QED) is 0.460. The van der Waals surface area contributed by atoms with Crippen LogP contribution in [0.5, 0.6) is 5.75 Å². The lowest BCUT2D eigenvalue weighted by Gasteiger charge is -2.26. The van der Waals surface area contributed by atoms with Gasteiger partial charge in [0.1, 0.15) is 5.75 Å². The van der Waals surface area contributed by atoms with E-state index in [9.17, 15) is 0 Å². The zero-order chi connectivity index (χ0) is 13.8. The molecule has 0 fully saturated rings. The molecule has 1 aliphatic rings. The van der Waals surface area contributed by atoms with Gasteiger partial charge in [0, 0.05) is 16.9 Å². The van der Waals surface area contributed by atoms with Crippen molar-refractivity contribution in [3.8, 4) is 5.75 Å². The lowest BCUT2D eigenvalue weighted by Crippen LogP contribution is -2.37. The maximum Gasteiger partial charge on any atom is 0.189 e. The van der Waals surface area contributed by atoms with Crippen LogP contribution in [0, 0.1) is 0 Å². The Hall–Kier alpha value is -1.28. The molecule has 0 radical (unpaired) electrons. The van der Waals surface area contributed by atoms with E-state index >= 15 is 0 Å². The molecule has 0 saturated heterocycles. The first-order valence-electron chi connectivity index (χ1n) is 6.63. The van der Waals surface area contributed by atoms with Crippen LogP contribution in [-0.4, -0.2) is 12.6 Å². The number of ether oxygens (including phenoxy) is 1. The monoisotopic (exact) mass is 415 g/mol. The summed E-state index contributed by atoms with van der Waals surface area (Å²) in [6, 6.07) is 12.3. The number of nitrogens with zero attached hydrogens (tertiary/aromatic N) is 1. The third kappa shape index (κ3) is 4.10. The Balaban J connectivity index is 0.00000161. The normalized spacial score (nSPS) is 17.3. The smallest absolute Gasteiger partial charge is 0.189 e.